The lowest BCUT2D eigenvalue weighted by atomic mass is 10.3. The van der Waals surface area contributed by atoms with E-state index in [0.717, 1.165) is 28.8 Å². The van der Waals surface area contributed by atoms with Crippen LogP contribution in [0.25, 0.3) is 0 Å². The molecule has 0 unspecified atom stereocenters. The highest BCUT2D eigenvalue weighted by Gasteiger charge is 2.17. The molecule has 1 aliphatic heterocycles. The summed E-state index contributed by atoms with van der Waals surface area (Å²) in [6.45, 7) is 2.92. The summed E-state index contributed by atoms with van der Waals surface area (Å²) < 4.78 is 5.41. The summed E-state index contributed by atoms with van der Waals surface area (Å²) in [5.41, 5.74) is 0.973. The maximum atomic E-state index is 10.8. The van der Waals surface area contributed by atoms with Gasteiger partial charge in [-0.05, 0) is 24.3 Å². The first-order valence-electron chi connectivity index (χ1n) is 7.61. The highest BCUT2D eigenvalue weighted by molar-refractivity contribution is 8.13. The van der Waals surface area contributed by atoms with Crippen LogP contribution in [0.1, 0.15) is 0 Å². The van der Waals surface area contributed by atoms with Gasteiger partial charge in [-0.2, -0.15) is 0 Å². The molecule has 0 aromatic heterocycles. The number of morpholine rings is 1. The van der Waals surface area contributed by atoms with E-state index < -0.39 is 4.92 Å². The lowest BCUT2D eigenvalue weighted by Gasteiger charge is -2.29. The van der Waals surface area contributed by atoms with E-state index >= 15 is 0 Å². The van der Waals surface area contributed by atoms with Gasteiger partial charge < -0.3 is 9.64 Å². The fourth-order valence-electron chi connectivity index (χ4n) is 2.27. The number of nitro groups is 1. The molecule has 0 amide bonds. The number of nitro benzene ring substituents is 1. The SMILES string of the molecule is O=[N+]([O-])c1ccc(SC(=Nc2ccccc2)N2CCOCC2)cc1. The zero-order chi connectivity index (χ0) is 16.8. The Bertz CT molecular complexity index is 714. The first kappa shape index (κ1) is 16.5. The number of hydrogen-bond acceptors (Lipinski definition) is 5. The van der Waals surface area contributed by atoms with Crippen LogP contribution in [0.5, 0.6) is 0 Å². The van der Waals surface area contributed by atoms with Crippen LogP contribution in [-0.2, 0) is 4.74 Å². The molecule has 2 aromatic carbocycles. The molecule has 0 saturated carbocycles. The Morgan fingerprint density at radius 2 is 1.75 bits per heavy atom. The van der Waals surface area contributed by atoms with Crippen LogP contribution in [0.3, 0.4) is 0 Å². The molecule has 2 aromatic rings. The lowest BCUT2D eigenvalue weighted by Crippen LogP contribution is -2.39. The largest absolute Gasteiger partial charge is 0.378 e. The lowest BCUT2D eigenvalue weighted by molar-refractivity contribution is -0.384. The molecule has 0 aliphatic carbocycles. The van der Waals surface area contributed by atoms with E-state index in [9.17, 15) is 10.1 Å². The van der Waals surface area contributed by atoms with E-state index in [1.165, 1.54) is 23.9 Å². The number of non-ortho nitro benzene ring substituents is 1. The van der Waals surface area contributed by atoms with Crippen LogP contribution < -0.4 is 0 Å². The summed E-state index contributed by atoms with van der Waals surface area (Å²) in [5, 5.41) is 11.6. The second-order valence-electron chi connectivity index (χ2n) is 5.18. The molecule has 1 fully saturated rings. The number of amidine groups is 1. The van der Waals surface area contributed by atoms with Gasteiger partial charge in [-0.1, -0.05) is 30.0 Å². The average Bonchev–Trinajstić information content (AvgIpc) is 2.63. The Balaban J connectivity index is 1.84. The van der Waals surface area contributed by atoms with Crippen molar-refractivity contribution in [3.05, 3.63) is 64.7 Å². The summed E-state index contributed by atoms with van der Waals surface area (Å²) in [4.78, 5) is 18.2. The Kier molecular flexibility index (Phi) is 5.45. The second-order valence-corrected chi connectivity index (χ2v) is 6.22. The minimum atomic E-state index is -0.393. The number of para-hydroxylation sites is 1. The monoisotopic (exact) mass is 343 g/mol. The maximum Gasteiger partial charge on any atom is 0.269 e. The summed E-state index contributed by atoms with van der Waals surface area (Å²) in [7, 11) is 0. The number of aliphatic imine (C=N–C) groups is 1. The molecule has 0 radical (unpaired) electrons. The van der Waals surface area contributed by atoms with E-state index in [4.69, 9.17) is 9.73 Å². The Labute approximate surface area is 144 Å². The van der Waals surface area contributed by atoms with Gasteiger partial charge in [-0.15, -0.1) is 0 Å². The van der Waals surface area contributed by atoms with Crippen LogP contribution in [0.4, 0.5) is 11.4 Å². The van der Waals surface area contributed by atoms with Gasteiger partial charge in [0.2, 0.25) is 0 Å². The summed E-state index contributed by atoms with van der Waals surface area (Å²) >= 11 is 1.51. The van der Waals surface area contributed by atoms with Crippen molar-refractivity contribution in [1.29, 1.82) is 0 Å². The van der Waals surface area contributed by atoms with Crippen LogP contribution in [0.2, 0.25) is 0 Å². The number of benzene rings is 2. The molecule has 6 nitrogen and oxygen atoms in total. The van der Waals surface area contributed by atoms with E-state index in [2.05, 4.69) is 4.90 Å². The van der Waals surface area contributed by atoms with Crippen molar-refractivity contribution in [3.63, 3.8) is 0 Å². The predicted molar refractivity (Wildman–Crippen MR) is 94.9 cm³/mol. The summed E-state index contributed by atoms with van der Waals surface area (Å²) in [6.07, 6.45) is 0. The van der Waals surface area contributed by atoms with E-state index in [1.807, 2.05) is 30.3 Å². The van der Waals surface area contributed by atoms with Crippen LogP contribution in [-0.4, -0.2) is 41.3 Å². The van der Waals surface area contributed by atoms with Gasteiger partial charge in [0.15, 0.2) is 5.17 Å². The third-order valence-electron chi connectivity index (χ3n) is 3.52. The average molecular weight is 343 g/mol. The summed E-state index contributed by atoms with van der Waals surface area (Å²) in [6, 6.07) is 16.3. The van der Waals surface area contributed by atoms with E-state index in [1.54, 1.807) is 12.1 Å². The third-order valence-corrected chi connectivity index (χ3v) is 4.56. The molecule has 1 heterocycles. The maximum absolute atomic E-state index is 10.8. The van der Waals surface area contributed by atoms with Gasteiger partial charge in [-0.3, -0.25) is 10.1 Å². The number of nitrogens with zero attached hydrogens (tertiary/aromatic N) is 3. The molecule has 0 N–H and O–H groups in total. The van der Waals surface area contributed by atoms with E-state index in [0.29, 0.717) is 13.2 Å². The zero-order valence-electron chi connectivity index (χ0n) is 13.0. The molecule has 1 saturated heterocycles. The first-order chi connectivity index (χ1) is 11.7. The van der Waals surface area contributed by atoms with Crippen molar-refractivity contribution in [2.75, 3.05) is 26.3 Å². The Morgan fingerprint density at radius 1 is 1.08 bits per heavy atom. The molecular formula is C17H17N3O3S. The van der Waals surface area contributed by atoms with Crippen molar-refractivity contribution < 1.29 is 9.66 Å². The third kappa shape index (κ3) is 4.33. The summed E-state index contributed by atoms with van der Waals surface area (Å²) in [5.74, 6) is 0. The topological polar surface area (TPSA) is 68.0 Å². The predicted octanol–water partition coefficient (Wildman–Crippen LogP) is 3.71. The number of hydrogen-bond donors (Lipinski definition) is 0. The minimum Gasteiger partial charge on any atom is -0.378 e. The standard InChI is InChI=1S/C17H17N3O3S/c21-20(22)15-6-8-16(9-7-15)24-17(19-10-12-23-13-11-19)18-14-4-2-1-3-5-14/h1-9H,10-13H2. The Morgan fingerprint density at radius 3 is 2.38 bits per heavy atom. The van der Waals surface area contributed by atoms with Gasteiger partial charge in [0.1, 0.15) is 0 Å². The smallest absolute Gasteiger partial charge is 0.269 e. The van der Waals surface area contributed by atoms with Crippen molar-refractivity contribution in [1.82, 2.24) is 4.90 Å². The van der Waals surface area contributed by atoms with E-state index in [-0.39, 0.29) is 5.69 Å². The van der Waals surface area contributed by atoms with Gasteiger partial charge in [-0.25, -0.2) is 4.99 Å². The number of rotatable bonds is 3. The zero-order valence-corrected chi connectivity index (χ0v) is 13.8. The molecule has 3 rings (SSSR count). The second kappa shape index (κ2) is 7.94. The molecule has 0 spiro atoms. The van der Waals surface area contributed by atoms with Crippen molar-refractivity contribution >= 4 is 28.3 Å². The van der Waals surface area contributed by atoms with Gasteiger partial charge in [0.05, 0.1) is 23.8 Å². The number of thioether (sulfide) groups is 1. The van der Waals surface area contributed by atoms with Crippen LogP contribution in [0, 0.1) is 10.1 Å². The fraction of sp³-hybridized carbons (Fsp3) is 0.235. The molecule has 124 valence electrons. The normalized spacial score (nSPS) is 15.3. The fourth-order valence-corrected chi connectivity index (χ4v) is 3.21. The molecule has 0 bridgehead atoms. The van der Waals surface area contributed by atoms with Crippen LogP contribution >= 0.6 is 11.8 Å². The molecule has 0 atom stereocenters. The Hall–Kier alpha value is -2.38. The van der Waals surface area contributed by atoms with Crippen LogP contribution in [0.15, 0.2) is 64.5 Å². The molecule has 24 heavy (non-hydrogen) atoms. The van der Waals surface area contributed by atoms with Crippen molar-refractivity contribution in [2.45, 2.75) is 4.90 Å². The molecule has 7 heteroatoms. The first-order valence-corrected chi connectivity index (χ1v) is 8.43. The van der Waals surface area contributed by atoms with Crippen molar-refractivity contribution in [3.8, 4) is 0 Å². The highest BCUT2D eigenvalue weighted by Crippen LogP contribution is 2.27. The highest BCUT2D eigenvalue weighted by atomic mass is 32.2. The van der Waals surface area contributed by atoms with Gasteiger partial charge in [0.25, 0.3) is 5.69 Å². The quantitative estimate of drug-likeness (QED) is 0.279. The number of ether oxygens (including phenoxy) is 1. The van der Waals surface area contributed by atoms with Crippen molar-refractivity contribution in [2.24, 2.45) is 4.99 Å². The molecular weight excluding hydrogens is 326 g/mol. The van der Waals surface area contributed by atoms with Gasteiger partial charge >= 0.3 is 0 Å². The minimum absolute atomic E-state index is 0.0901. The van der Waals surface area contributed by atoms with Gasteiger partial charge in [0, 0.05) is 30.1 Å². The molecule has 1 aliphatic rings.